The number of nitrogens with zero attached hydrogens (tertiary/aromatic N) is 3. The molecule has 0 saturated heterocycles. The highest BCUT2D eigenvalue weighted by molar-refractivity contribution is 6.17. The molecule has 0 unspecified atom stereocenters. The van der Waals surface area contributed by atoms with Gasteiger partial charge in [-0.1, -0.05) is 91.0 Å². The normalized spacial score (nSPS) is 11.6. The average Bonchev–Trinajstić information content (AvgIpc) is 3.62. The molecule has 218 valence electrons. The van der Waals surface area contributed by atoms with Crippen molar-refractivity contribution in [3.63, 3.8) is 0 Å². The Kier molecular flexibility index (Phi) is 6.00. The number of benzene rings is 7. The summed E-state index contributed by atoms with van der Waals surface area (Å²) in [5.74, 6) is -0.277. The van der Waals surface area contributed by atoms with Crippen molar-refractivity contribution in [2.45, 2.75) is 0 Å². The number of para-hydroxylation sites is 4. The van der Waals surface area contributed by atoms with Crippen molar-refractivity contribution in [1.82, 2.24) is 9.13 Å². The third-order valence-electron chi connectivity index (χ3n) is 8.93. The molecular formula is C42H28FN3. The monoisotopic (exact) mass is 593 g/mol. The molecule has 46 heavy (non-hydrogen) atoms. The maximum atomic E-state index is 15.0. The first-order valence-corrected chi connectivity index (χ1v) is 15.5. The minimum atomic E-state index is -0.277. The van der Waals surface area contributed by atoms with Crippen LogP contribution >= 0.6 is 0 Å². The van der Waals surface area contributed by atoms with E-state index >= 15 is 0 Å². The Balaban J connectivity index is 1.37. The molecule has 0 radical (unpaired) electrons. The molecule has 2 aromatic heterocycles. The topological polar surface area (TPSA) is 13.1 Å². The van der Waals surface area contributed by atoms with Crippen molar-refractivity contribution < 1.29 is 4.39 Å². The second kappa shape index (κ2) is 10.5. The van der Waals surface area contributed by atoms with E-state index in [0.717, 1.165) is 61.3 Å². The summed E-state index contributed by atoms with van der Waals surface area (Å²) in [5.41, 5.74) is 9.31. The first-order valence-electron chi connectivity index (χ1n) is 15.5. The van der Waals surface area contributed by atoms with Crippen molar-refractivity contribution in [2.24, 2.45) is 0 Å². The number of hydrogen-bond donors (Lipinski definition) is 0. The van der Waals surface area contributed by atoms with Crippen LogP contribution in [0.5, 0.6) is 0 Å². The van der Waals surface area contributed by atoms with Crippen molar-refractivity contribution in [3.05, 3.63) is 176 Å². The zero-order valence-electron chi connectivity index (χ0n) is 24.9. The summed E-state index contributed by atoms with van der Waals surface area (Å²) in [7, 11) is 0. The number of aromatic nitrogens is 2. The largest absolute Gasteiger partial charge is 0.310 e. The van der Waals surface area contributed by atoms with Gasteiger partial charge in [-0.15, -0.1) is 0 Å². The molecule has 3 nitrogen and oxygen atoms in total. The van der Waals surface area contributed by atoms with Gasteiger partial charge in [0.2, 0.25) is 0 Å². The molecule has 0 aliphatic rings. The average molecular weight is 594 g/mol. The van der Waals surface area contributed by atoms with Gasteiger partial charge in [0.25, 0.3) is 0 Å². The maximum absolute atomic E-state index is 15.0. The van der Waals surface area contributed by atoms with Gasteiger partial charge in [-0.05, 0) is 78.9 Å². The van der Waals surface area contributed by atoms with Gasteiger partial charge in [0, 0.05) is 44.3 Å². The van der Waals surface area contributed by atoms with Crippen LogP contribution in [0.4, 0.5) is 21.5 Å². The summed E-state index contributed by atoms with van der Waals surface area (Å²) >= 11 is 0. The van der Waals surface area contributed by atoms with Crippen molar-refractivity contribution in [2.75, 3.05) is 4.90 Å². The number of hydrogen-bond acceptors (Lipinski definition) is 1. The van der Waals surface area contributed by atoms with E-state index in [4.69, 9.17) is 0 Å². The van der Waals surface area contributed by atoms with Crippen LogP contribution in [-0.2, 0) is 0 Å². The maximum Gasteiger partial charge on any atom is 0.125 e. The Labute approximate surface area is 265 Å². The highest BCUT2D eigenvalue weighted by atomic mass is 19.1. The van der Waals surface area contributed by atoms with Gasteiger partial charge in [0.05, 0.1) is 27.8 Å². The van der Waals surface area contributed by atoms with Crippen LogP contribution in [0.2, 0.25) is 0 Å². The van der Waals surface area contributed by atoms with Crippen LogP contribution in [0.1, 0.15) is 0 Å². The second-order valence-electron chi connectivity index (χ2n) is 11.6. The molecule has 0 aliphatic heterocycles. The van der Waals surface area contributed by atoms with Gasteiger partial charge < -0.3 is 14.0 Å². The standard InChI is InChI=1S/C42H28FN3/c43-29-13-11-18-32(27-29)44(33-25-26-35-34-19-7-9-21-37(34)46(41(35)28-33)31-16-5-2-6-17-31)39-23-12-24-40-42(39)36-20-8-10-22-38(36)45(40)30-14-3-1-4-15-30/h1-28H. The van der Waals surface area contributed by atoms with E-state index in [-0.39, 0.29) is 5.82 Å². The molecule has 9 aromatic rings. The van der Waals surface area contributed by atoms with Gasteiger partial charge in [-0.2, -0.15) is 0 Å². The molecule has 0 saturated carbocycles. The molecular weight excluding hydrogens is 565 g/mol. The molecule has 0 amide bonds. The van der Waals surface area contributed by atoms with Crippen LogP contribution in [0.3, 0.4) is 0 Å². The lowest BCUT2D eigenvalue weighted by atomic mass is 10.1. The molecule has 4 heteroatoms. The van der Waals surface area contributed by atoms with E-state index in [1.54, 1.807) is 12.1 Å². The minimum absolute atomic E-state index is 0.277. The summed E-state index contributed by atoms with van der Waals surface area (Å²) in [5, 5.41) is 4.60. The first-order chi connectivity index (χ1) is 22.8. The van der Waals surface area contributed by atoms with Gasteiger partial charge in [0.1, 0.15) is 5.82 Å². The van der Waals surface area contributed by atoms with Gasteiger partial charge in [-0.25, -0.2) is 4.39 Å². The van der Waals surface area contributed by atoms with E-state index in [1.807, 2.05) is 18.2 Å². The number of anilines is 3. The summed E-state index contributed by atoms with van der Waals surface area (Å²) < 4.78 is 19.6. The van der Waals surface area contributed by atoms with Crippen LogP contribution < -0.4 is 4.90 Å². The first kappa shape index (κ1) is 26.3. The molecule has 0 aliphatic carbocycles. The van der Waals surface area contributed by atoms with E-state index in [0.29, 0.717) is 0 Å². The van der Waals surface area contributed by atoms with Gasteiger partial charge in [0.15, 0.2) is 0 Å². The molecule has 2 heterocycles. The minimum Gasteiger partial charge on any atom is -0.310 e. The summed E-state index contributed by atoms with van der Waals surface area (Å²) in [6.07, 6.45) is 0. The van der Waals surface area contributed by atoms with Crippen LogP contribution in [0.15, 0.2) is 170 Å². The van der Waals surface area contributed by atoms with E-state index in [2.05, 4.69) is 147 Å². The van der Waals surface area contributed by atoms with Gasteiger partial charge in [-0.3, -0.25) is 0 Å². The predicted octanol–water partition coefficient (Wildman–Crippen LogP) is 11.5. The van der Waals surface area contributed by atoms with Gasteiger partial charge >= 0.3 is 0 Å². The van der Waals surface area contributed by atoms with Crippen molar-refractivity contribution in [1.29, 1.82) is 0 Å². The van der Waals surface area contributed by atoms with E-state index in [1.165, 1.54) is 16.8 Å². The zero-order chi connectivity index (χ0) is 30.6. The summed E-state index contributed by atoms with van der Waals surface area (Å²) in [4.78, 5) is 2.19. The molecule has 9 rings (SSSR count). The van der Waals surface area contributed by atoms with E-state index < -0.39 is 0 Å². The lowest BCUT2D eigenvalue weighted by Crippen LogP contribution is -2.11. The number of fused-ring (bicyclic) bond motifs is 6. The molecule has 7 aromatic carbocycles. The Bertz CT molecular complexity index is 2540. The number of rotatable bonds is 5. The SMILES string of the molecule is Fc1cccc(N(c2ccc3c4ccccc4n(-c4ccccc4)c3c2)c2cccc3c2c2ccccc2n3-c2ccccc2)c1. The fraction of sp³-hybridized carbons (Fsp3) is 0. The zero-order valence-corrected chi connectivity index (χ0v) is 24.9. The summed E-state index contributed by atoms with van der Waals surface area (Å²) in [6, 6.07) is 57.9. The van der Waals surface area contributed by atoms with Crippen LogP contribution in [0, 0.1) is 5.82 Å². The lowest BCUT2D eigenvalue weighted by Gasteiger charge is -2.27. The smallest absolute Gasteiger partial charge is 0.125 e. The number of halogens is 1. The Hall–Kier alpha value is -6.13. The third-order valence-corrected chi connectivity index (χ3v) is 8.93. The molecule has 0 spiro atoms. The Morgan fingerprint density at radius 2 is 0.935 bits per heavy atom. The fourth-order valence-electron chi connectivity index (χ4n) is 7.04. The van der Waals surface area contributed by atoms with Crippen molar-refractivity contribution in [3.8, 4) is 11.4 Å². The third kappa shape index (κ3) is 4.04. The fourth-order valence-corrected chi connectivity index (χ4v) is 7.04. The van der Waals surface area contributed by atoms with E-state index in [9.17, 15) is 4.39 Å². The highest BCUT2D eigenvalue weighted by Gasteiger charge is 2.22. The highest BCUT2D eigenvalue weighted by Crippen LogP contribution is 2.45. The molecule has 0 atom stereocenters. The van der Waals surface area contributed by atoms with Crippen LogP contribution in [0.25, 0.3) is 55.0 Å². The molecule has 0 fully saturated rings. The molecule has 0 N–H and O–H groups in total. The Morgan fingerprint density at radius 1 is 0.391 bits per heavy atom. The van der Waals surface area contributed by atoms with Crippen LogP contribution in [-0.4, -0.2) is 9.13 Å². The molecule has 0 bridgehead atoms. The second-order valence-corrected chi connectivity index (χ2v) is 11.6. The Morgan fingerprint density at radius 3 is 1.65 bits per heavy atom. The summed E-state index contributed by atoms with van der Waals surface area (Å²) in [6.45, 7) is 0. The predicted molar refractivity (Wildman–Crippen MR) is 190 cm³/mol. The quantitative estimate of drug-likeness (QED) is 0.193. The van der Waals surface area contributed by atoms with Crippen molar-refractivity contribution >= 4 is 60.7 Å². The lowest BCUT2D eigenvalue weighted by molar-refractivity contribution is 0.628.